The maximum Gasteiger partial charge on any atom is 0.142 e. The van der Waals surface area contributed by atoms with E-state index in [-0.39, 0.29) is 0 Å². The Morgan fingerprint density at radius 1 is 1.67 bits per heavy atom. The Morgan fingerprint density at radius 2 is 2.47 bits per heavy atom. The fourth-order valence-electron chi connectivity index (χ4n) is 1.31. The van der Waals surface area contributed by atoms with Gasteiger partial charge in [0.15, 0.2) is 0 Å². The van der Waals surface area contributed by atoms with E-state index < -0.39 is 0 Å². The molecule has 0 amide bonds. The van der Waals surface area contributed by atoms with Crippen molar-refractivity contribution in [1.82, 2.24) is 14.8 Å². The lowest BCUT2D eigenvalue weighted by molar-refractivity contribution is 0.772. The number of nitriles is 1. The minimum atomic E-state index is 0.414. The third-order valence-electron chi connectivity index (χ3n) is 1.96. The first-order valence-corrected chi connectivity index (χ1v) is 6.36. The van der Waals surface area contributed by atoms with Crippen molar-refractivity contribution >= 4 is 38.6 Å². The molecular weight excluding hydrogens is 276 g/mol. The standard InChI is InChI=1S/C9H7BrN4S/c1-15-5-14-8-2-6(3-11)12-4-7(8)9(10)13-14/h2,4H,5H2,1H3. The van der Waals surface area contributed by atoms with Crippen molar-refractivity contribution < 1.29 is 0 Å². The van der Waals surface area contributed by atoms with Crippen LogP contribution >= 0.6 is 27.7 Å². The lowest BCUT2D eigenvalue weighted by Crippen LogP contribution is -1.96. The van der Waals surface area contributed by atoms with Gasteiger partial charge in [0.1, 0.15) is 16.4 Å². The van der Waals surface area contributed by atoms with Gasteiger partial charge in [-0.15, -0.1) is 11.8 Å². The predicted octanol–water partition coefficient (Wildman–Crippen LogP) is 2.39. The summed E-state index contributed by atoms with van der Waals surface area (Å²) >= 11 is 5.04. The zero-order valence-corrected chi connectivity index (χ0v) is 10.3. The zero-order valence-electron chi connectivity index (χ0n) is 7.94. The topological polar surface area (TPSA) is 54.5 Å². The van der Waals surface area contributed by atoms with Crippen molar-refractivity contribution in [2.24, 2.45) is 0 Å². The number of halogens is 1. The van der Waals surface area contributed by atoms with Crippen LogP contribution in [-0.4, -0.2) is 21.0 Å². The number of pyridine rings is 1. The second kappa shape index (κ2) is 4.21. The fraction of sp³-hybridized carbons (Fsp3) is 0.222. The molecule has 0 saturated carbocycles. The zero-order chi connectivity index (χ0) is 10.8. The molecule has 0 fully saturated rings. The highest BCUT2D eigenvalue weighted by atomic mass is 79.9. The molecule has 0 saturated heterocycles. The van der Waals surface area contributed by atoms with Crippen LogP contribution < -0.4 is 0 Å². The average Bonchev–Trinajstić information content (AvgIpc) is 2.56. The third kappa shape index (κ3) is 1.85. The Kier molecular flexibility index (Phi) is 2.93. The molecule has 15 heavy (non-hydrogen) atoms. The number of hydrogen-bond donors (Lipinski definition) is 0. The molecule has 2 aromatic heterocycles. The van der Waals surface area contributed by atoms with Crippen LogP contribution in [0.2, 0.25) is 0 Å². The molecule has 0 aliphatic rings. The van der Waals surface area contributed by atoms with Crippen LogP contribution in [0, 0.1) is 11.3 Å². The van der Waals surface area contributed by atoms with E-state index in [4.69, 9.17) is 5.26 Å². The molecule has 76 valence electrons. The van der Waals surface area contributed by atoms with Crippen LogP contribution in [0.5, 0.6) is 0 Å². The molecule has 0 aliphatic heterocycles. The van der Waals surface area contributed by atoms with Gasteiger partial charge in [-0.1, -0.05) is 0 Å². The number of nitrogens with zero attached hydrogens (tertiary/aromatic N) is 4. The largest absolute Gasteiger partial charge is 0.254 e. The van der Waals surface area contributed by atoms with Crippen molar-refractivity contribution in [3.63, 3.8) is 0 Å². The highest BCUT2D eigenvalue weighted by molar-refractivity contribution is 9.10. The summed E-state index contributed by atoms with van der Waals surface area (Å²) in [5, 5.41) is 14.0. The second-order valence-electron chi connectivity index (χ2n) is 2.91. The molecule has 0 unspecified atom stereocenters. The molecule has 0 aromatic carbocycles. The summed E-state index contributed by atoms with van der Waals surface area (Å²) in [6.07, 6.45) is 3.68. The van der Waals surface area contributed by atoms with E-state index in [1.54, 1.807) is 24.0 Å². The summed E-state index contributed by atoms with van der Waals surface area (Å²) in [6, 6.07) is 3.78. The number of thioether (sulfide) groups is 1. The molecule has 0 N–H and O–H groups in total. The summed E-state index contributed by atoms with van der Waals surface area (Å²) in [4.78, 5) is 4.01. The number of aromatic nitrogens is 3. The van der Waals surface area contributed by atoms with Gasteiger partial charge in [-0.25, -0.2) is 4.98 Å². The maximum absolute atomic E-state index is 8.77. The van der Waals surface area contributed by atoms with E-state index >= 15 is 0 Å². The highest BCUT2D eigenvalue weighted by Gasteiger charge is 2.09. The summed E-state index contributed by atoms with van der Waals surface area (Å²) < 4.78 is 2.62. The van der Waals surface area contributed by atoms with Crippen molar-refractivity contribution in [1.29, 1.82) is 5.26 Å². The molecule has 6 heteroatoms. The smallest absolute Gasteiger partial charge is 0.142 e. The van der Waals surface area contributed by atoms with Gasteiger partial charge in [0.2, 0.25) is 0 Å². The molecule has 0 bridgehead atoms. The van der Waals surface area contributed by atoms with E-state index in [2.05, 4.69) is 26.0 Å². The normalized spacial score (nSPS) is 10.5. The lowest BCUT2D eigenvalue weighted by Gasteiger charge is -1.99. The molecule has 0 spiro atoms. The van der Waals surface area contributed by atoms with Gasteiger partial charge >= 0.3 is 0 Å². The van der Waals surface area contributed by atoms with Crippen LogP contribution in [0.25, 0.3) is 10.9 Å². The summed E-state index contributed by atoms with van der Waals surface area (Å²) in [5.74, 6) is 0.761. The minimum absolute atomic E-state index is 0.414. The number of rotatable bonds is 2. The molecule has 2 rings (SSSR count). The Bertz CT molecular complexity index is 543. The number of hydrogen-bond acceptors (Lipinski definition) is 4. The number of fused-ring (bicyclic) bond motifs is 1. The van der Waals surface area contributed by atoms with Gasteiger partial charge in [-0.2, -0.15) is 10.4 Å². The van der Waals surface area contributed by atoms with Crippen LogP contribution in [0.1, 0.15) is 5.69 Å². The molecule has 2 aromatic rings. The SMILES string of the molecule is CSCn1nc(Br)c2cnc(C#N)cc21. The van der Waals surface area contributed by atoms with Gasteiger partial charge in [-0.05, 0) is 22.2 Å². The van der Waals surface area contributed by atoms with E-state index in [0.717, 1.165) is 21.4 Å². The first-order chi connectivity index (χ1) is 7.26. The molecule has 4 nitrogen and oxygen atoms in total. The van der Waals surface area contributed by atoms with Gasteiger partial charge in [0.05, 0.1) is 16.8 Å². The Labute approximate surface area is 99.4 Å². The van der Waals surface area contributed by atoms with E-state index in [1.807, 2.05) is 17.0 Å². The van der Waals surface area contributed by atoms with Crippen LogP contribution in [0.15, 0.2) is 16.9 Å². The summed E-state index contributed by atoms with van der Waals surface area (Å²) in [7, 11) is 0. The van der Waals surface area contributed by atoms with Crippen LogP contribution in [-0.2, 0) is 5.88 Å². The maximum atomic E-state index is 8.77. The predicted molar refractivity (Wildman–Crippen MR) is 63.5 cm³/mol. The van der Waals surface area contributed by atoms with Gasteiger partial charge in [-0.3, -0.25) is 4.68 Å². The monoisotopic (exact) mass is 282 g/mol. The Hall–Kier alpha value is -1.06. The van der Waals surface area contributed by atoms with Crippen molar-refractivity contribution in [2.75, 3.05) is 6.26 Å². The Balaban J connectivity index is 2.67. The van der Waals surface area contributed by atoms with Crippen molar-refractivity contribution in [2.45, 2.75) is 5.88 Å². The molecule has 0 aliphatic carbocycles. The van der Waals surface area contributed by atoms with Gasteiger partial charge in [0.25, 0.3) is 0 Å². The van der Waals surface area contributed by atoms with Crippen LogP contribution in [0.4, 0.5) is 0 Å². The first-order valence-electron chi connectivity index (χ1n) is 4.17. The summed E-state index contributed by atoms with van der Waals surface area (Å²) in [6.45, 7) is 0. The Morgan fingerprint density at radius 3 is 3.13 bits per heavy atom. The molecule has 0 radical (unpaired) electrons. The van der Waals surface area contributed by atoms with Crippen molar-refractivity contribution in [3.05, 3.63) is 22.6 Å². The molecule has 0 atom stereocenters. The first kappa shape index (κ1) is 10.5. The third-order valence-corrected chi connectivity index (χ3v) is 3.05. The van der Waals surface area contributed by atoms with Crippen LogP contribution in [0.3, 0.4) is 0 Å². The quantitative estimate of drug-likeness (QED) is 0.849. The van der Waals surface area contributed by atoms with Gasteiger partial charge in [0, 0.05) is 12.3 Å². The van der Waals surface area contributed by atoms with E-state index in [0.29, 0.717) is 5.69 Å². The van der Waals surface area contributed by atoms with E-state index in [1.165, 1.54) is 0 Å². The van der Waals surface area contributed by atoms with E-state index in [9.17, 15) is 0 Å². The van der Waals surface area contributed by atoms with Crippen molar-refractivity contribution in [3.8, 4) is 6.07 Å². The van der Waals surface area contributed by atoms with Gasteiger partial charge < -0.3 is 0 Å². The average molecular weight is 283 g/mol. The minimum Gasteiger partial charge on any atom is -0.254 e. The molecule has 2 heterocycles. The molecular formula is C9H7BrN4S. The summed E-state index contributed by atoms with van der Waals surface area (Å²) in [5.41, 5.74) is 1.35. The fourth-order valence-corrected chi connectivity index (χ4v) is 2.25. The lowest BCUT2D eigenvalue weighted by atomic mass is 10.3. The highest BCUT2D eigenvalue weighted by Crippen LogP contribution is 2.23. The second-order valence-corrected chi connectivity index (χ2v) is 4.49.